The van der Waals surface area contributed by atoms with Crippen molar-refractivity contribution in [1.82, 2.24) is 0 Å². The predicted molar refractivity (Wildman–Crippen MR) is 155 cm³/mol. The summed E-state index contributed by atoms with van der Waals surface area (Å²) in [5.41, 5.74) is 0. The second-order valence-electron chi connectivity index (χ2n) is 11.2. The number of rotatable bonds is 28. The van der Waals surface area contributed by atoms with Crippen molar-refractivity contribution in [2.45, 2.75) is 173 Å². The Morgan fingerprint density at radius 3 is 1.18 bits per heavy atom. The second kappa shape index (κ2) is 22.6. The molecule has 0 radical (unpaired) electrons. The van der Waals surface area contributed by atoms with Crippen molar-refractivity contribution in [3.05, 3.63) is 0 Å². The molecule has 0 heterocycles. The van der Waals surface area contributed by atoms with E-state index in [2.05, 4.69) is 13.8 Å². The normalized spacial score (nSPS) is 14.3. The molecule has 0 spiro atoms. The first-order valence-corrected chi connectivity index (χ1v) is 17.0. The zero-order valence-electron chi connectivity index (χ0n) is 24.4. The molecule has 0 bridgehead atoms. The topological polar surface area (TPSA) is 129 Å². The van der Waals surface area contributed by atoms with Crippen LogP contribution in [0.5, 0.6) is 0 Å². The van der Waals surface area contributed by atoms with Crippen molar-refractivity contribution in [2.24, 2.45) is 5.92 Å². The first-order valence-electron chi connectivity index (χ1n) is 15.6. The van der Waals surface area contributed by atoms with Gasteiger partial charge in [0.15, 0.2) is 0 Å². The fourth-order valence-corrected chi connectivity index (χ4v) is 6.67. The van der Waals surface area contributed by atoms with Gasteiger partial charge in [-0.05, 0) is 12.8 Å². The summed E-state index contributed by atoms with van der Waals surface area (Å²) in [5, 5.41) is 19.6. The molecule has 0 amide bonds. The molecule has 8 heteroatoms. The van der Waals surface area contributed by atoms with Gasteiger partial charge < -0.3 is 10.2 Å². The van der Waals surface area contributed by atoms with Gasteiger partial charge in [0.25, 0.3) is 10.1 Å². The van der Waals surface area contributed by atoms with Crippen LogP contribution < -0.4 is 0 Å². The summed E-state index contributed by atoms with van der Waals surface area (Å²) in [6.07, 6.45) is 22.9. The average Bonchev–Trinajstić information content (AvgIpc) is 2.85. The molecule has 0 aromatic carbocycles. The zero-order valence-corrected chi connectivity index (χ0v) is 25.2. The van der Waals surface area contributed by atoms with E-state index < -0.39 is 32.7 Å². The van der Waals surface area contributed by atoms with E-state index in [1.807, 2.05) is 0 Å². The standard InChI is InChI=1S/C30H58O7S/c1-3-5-7-9-11-12-13-14-15-16-17-18-19-20-21-23-25-27(28(31)32)30(29(33)34,38(35,36)37)26-24-22-10-8-6-4-2/h27H,3-26H2,1-2H3,(H,31,32)(H,33,34)(H,35,36,37). The molecule has 2 atom stereocenters. The molecule has 0 rings (SSSR count). The summed E-state index contributed by atoms with van der Waals surface area (Å²) >= 11 is 0. The second-order valence-corrected chi connectivity index (χ2v) is 12.8. The van der Waals surface area contributed by atoms with Crippen molar-refractivity contribution in [2.75, 3.05) is 0 Å². The number of unbranched alkanes of at least 4 members (excludes halogenated alkanes) is 20. The van der Waals surface area contributed by atoms with Crippen LogP contribution in [0.3, 0.4) is 0 Å². The van der Waals surface area contributed by atoms with Crippen LogP contribution in [0.25, 0.3) is 0 Å². The minimum absolute atomic E-state index is 0.0737. The Balaban J connectivity index is 4.39. The fourth-order valence-electron chi connectivity index (χ4n) is 5.47. The fraction of sp³-hybridized carbons (Fsp3) is 0.933. The van der Waals surface area contributed by atoms with Gasteiger partial charge in [0.05, 0.1) is 5.92 Å². The van der Waals surface area contributed by atoms with Crippen LogP contribution in [0.4, 0.5) is 0 Å². The Morgan fingerprint density at radius 2 is 0.895 bits per heavy atom. The Labute approximate surface area is 233 Å². The molecule has 0 aliphatic carbocycles. The summed E-state index contributed by atoms with van der Waals surface area (Å²) in [4.78, 5) is 24.2. The maximum absolute atomic E-state index is 12.3. The van der Waals surface area contributed by atoms with Gasteiger partial charge >= 0.3 is 11.9 Å². The first-order chi connectivity index (χ1) is 18.1. The highest BCUT2D eigenvalue weighted by molar-refractivity contribution is 7.88. The van der Waals surface area contributed by atoms with E-state index in [4.69, 9.17) is 0 Å². The molecule has 0 aliphatic rings. The Bertz CT molecular complexity index is 707. The van der Waals surface area contributed by atoms with Crippen molar-refractivity contribution >= 4 is 22.1 Å². The highest BCUT2D eigenvalue weighted by Gasteiger charge is 2.58. The highest BCUT2D eigenvalue weighted by Crippen LogP contribution is 2.37. The summed E-state index contributed by atoms with van der Waals surface area (Å²) < 4.78 is 31.8. The number of carboxylic acid groups (broad SMARTS) is 2. The van der Waals surface area contributed by atoms with Crippen LogP contribution in [0.1, 0.15) is 168 Å². The van der Waals surface area contributed by atoms with Crippen LogP contribution in [-0.2, 0) is 19.7 Å². The van der Waals surface area contributed by atoms with Crippen molar-refractivity contribution in [3.8, 4) is 0 Å². The quantitative estimate of drug-likeness (QED) is 0.0641. The van der Waals surface area contributed by atoms with Crippen molar-refractivity contribution in [1.29, 1.82) is 0 Å². The predicted octanol–water partition coefficient (Wildman–Crippen LogP) is 8.80. The average molecular weight is 563 g/mol. The van der Waals surface area contributed by atoms with Crippen LogP contribution in [0.15, 0.2) is 0 Å². The lowest BCUT2D eigenvalue weighted by molar-refractivity contribution is -0.152. The third-order valence-electron chi connectivity index (χ3n) is 7.93. The van der Waals surface area contributed by atoms with Gasteiger partial charge in [-0.3, -0.25) is 14.1 Å². The van der Waals surface area contributed by atoms with E-state index >= 15 is 0 Å². The molecule has 0 aromatic heterocycles. The molecule has 0 fully saturated rings. The summed E-state index contributed by atoms with van der Waals surface area (Å²) in [5.74, 6) is -4.91. The number of carbonyl (C=O) groups is 2. The van der Waals surface area contributed by atoms with Gasteiger partial charge in [0.1, 0.15) is 0 Å². The number of hydrogen-bond acceptors (Lipinski definition) is 4. The molecular formula is C30H58O7S. The maximum Gasteiger partial charge on any atom is 0.328 e. The third-order valence-corrected chi connectivity index (χ3v) is 9.52. The Hall–Kier alpha value is -1.15. The highest BCUT2D eigenvalue weighted by atomic mass is 32.2. The van der Waals surface area contributed by atoms with E-state index in [0.29, 0.717) is 12.8 Å². The molecule has 0 aliphatic heterocycles. The molecule has 7 nitrogen and oxygen atoms in total. The summed E-state index contributed by atoms with van der Waals surface area (Å²) in [6.45, 7) is 4.31. The molecule has 2 unspecified atom stereocenters. The first kappa shape index (κ1) is 36.8. The van der Waals surface area contributed by atoms with Crippen LogP contribution in [0, 0.1) is 5.92 Å². The van der Waals surface area contributed by atoms with Gasteiger partial charge in [-0.1, -0.05) is 155 Å². The Kier molecular flexibility index (Phi) is 22.0. The molecule has 38 heavy (non-hydrogen) atoms. The molecule has 3 N–H and O–H groups in total. The van der Waals surface area contributed by atoms with Crippen LogP contribution in [-0.4, -0.2) is 39.9 Å². The van der Waals surface area contributed by atoms with E-state index in [-0.39, 0.29) is 19.3 Å². The van der Waals surface area contributed by atoms with E-state index in [0.717, 1.165) is 51.4 Å². The SMILES string of the molecule is CCCCCCCCCCCCCCCCCCC(C(=O)O)C(CCCCCCCC)(C(=O)O)S(=O)(=O)O. The van der Waals surface area contributed by atoms with Gasteiger partial charge in [-0.15, -0.1) is 0 Å². The molecule has 0 saturated carbocycles. The van der Waals surface area contributed by atoms with Gasteiger partial charge in [0, 0.05) is 0 Å². The maximum atomic E-state index is 12.3. The van der Waals surface area contributed by atoms with Gasteiger partial charge in [-0.25, -0.2) is 0 Å². The smallest absolute Gasteiger partial charge is 0.328 e. The molecular weight excluding hydrogens is 504 g/mol. The van der Waals surface area contributed by atoms with E-state index in [1.54, 1.807) is 0 Å². The monoisotopic (exact) mass is 562 g/mol. The Morgan fingerprint density at radius 1 is 0.579 bits per heavy atom. The van der Waals surface area contributed by atoms with Gasteiger partial charge in [-0.2, -0.15) is 8.42 Å². The summed E-state index contributed by atoms with van der Waals surface area (Å²) in [7, 11) is -5.12. The van der Waals surface area contributed by atoms with E-state index in [1.165, 1.54) is 70.6 Å². The zero-order chi connectivity index (χ0) is 28.7. The molecule has 0 saturated heterocycles. The van der Waals surface area contributed by atoms with E-state index in [9.17, 15) is 32.8 Å². The minimum atomic E-state index is -5.12. The lowest BCUT2D eigenvalue weighted by Gasteiger charge is -2.32. The van der Waals surface area contributed by atoms with Gasteiger partial charge in [0.2, 0.25) is 4.75 Å². The van der Waals surface area contributed by atoms with Crippen LogP contribution in [0.2, 0.25) is 0 Å². The molecule has 0 aromatic rings. The van der Waals surface area contributed by atoms with Crippen molar-refractivity contribution in [3.63, 3.8) is 0 Å². The number of aliphatic carboxylic acids is 2. The summed E-state index contributed by atoms with van der Waals surface area (Å²) in [6, 6.07) is 0. The minimum Gasteiger partial charge on any atom is -0.481 e. The number of hydrogen-bond donors (Lipinski definition) is 3. The lowest BCUT2D eigenvalue weighted by atomic mass is 9.82. The van der Waals surface area contributed by atoms with Crippen molar-refractivity contribution < 1.29 is 32.8 Å². The third kappa shape index (κ3) is 15.4. The molecule has 226 valence electrons. The number of carboxylic acids is 2. The lowest BCUT2D eigenvalue weighted by Crippen LogP contribution is -2.55. The largest absolute Gasteiger partial charge is 0.481 e. The van der Waals surface area contributed by atoms with Crippen LogP contribution >= 0.6 is 0 Å².